The van der Waals surface area contributed by atoms with E-state index in [-0.39, 0.29) is 5.91 Å². The van der Waals surface area contributed by atoms with Gasteiger partial charge in [0, 0.05) is 16.8 Å². The van der Waals surface area contributed by atoms with E-state index in [1.54, 1.807) is 0 Å². The lowest BCUT2D eigenvalue weighted by Gasteiger charge is -2.17. The van der Waals surface area contributed by atoms with Gasteiger partial charge in [-0.15, -0.1) is 5.10 Å². The molecule has 1 amide bonds. The number of carbonyl (C=O) groups excluding carboxylic acids is 1. The number of benzene rings is 1. The number of carbonyl (C=O) groups is 1. The zero-order valence-electron chi connectivity index (χ0n) is 12.8. The lowest BCUT2D eigenvalue weighted by molar-refractivity contribution is -0.123. The third-order valence-corrected chi connectivity index (χ3v) is 2.89. The van der Waals surface area contributed by atoms with Crippen molar-refractivity contribution in [3.05, 3.63) is 42.1 Å². The summed E-state index contributed by atoms with van der Waals surface area (Å²) in [5, 5.41) is 14.1. The fourth-order valence-electron chi connectivity index (χ4n) is 1.57. The number of nitrogens with one attached hydrogen (secondary N) is 2. The molecule has 0 bridgehead atoms. The molecule has 1 heterocycles. The maximum Gasteiger partial charge on any atom is 0.229 e. The highest BCUT2D eigenvalue weighted by Gasteiger charge is 2.20. The predicted octanol–water partition coefficient (Wildman–Crippen LogP) is 3.51. The van der Waals surface area contributed by atoms with E-state index in [0.717, 1.165) is 17.1 Å². The van der Waals surface area contributed by atoms with E-state index in [2.05, 4.69) is 20.8 Å². The first kappa shape index (κ1) is 15.0. The zero-order chi connectivity index (χ0) is 15.5. The van der Waals surface area contributed by atoms with Gasteiger partial charge in [-0.05, 0) is 43.3 Å². The summed E-state index contributed by atoms with van der Waals surface area (Å²) in [5.74, 6) is 0.680. The van der Waals surface area contributed by atoms with Crippen molar-refractivity contribution in [2.75, 3.05) is 10.6 Å². The first-order valence-electron chi connectivity index (χ1n) is 6.83. The zero-order valence-corrected chi connectivity index (χ0v) is 12.8. The normalized spacial score (nSPS) is 11.0. The van der Waals surface area contributed by atoms with Gasteiger partial charge in [-0.3, -0.25) is 4.79 Å². The van der Waals surface area contributed by atoms with Gasteiger partial charge in [0.1, 0.15) is 0 Å². The van der Waals surface area contributed by atoms with Crippen LogP contribution in [0.3, 0.4) is 0 Å². The maximum atomic E-state index is 11.9. The van der Waals surface area contributed by atoms with Crippen LogP contribution < -0.4 is 10.6 Å². The standard InChI is InChI=1S/C16H20N4O/c1-11-5-10-14(20-19-11)17-12-6-8-13(9-7-12)18-15(21)16(2,3)4/h5-10H,1-4H3,(H,17,20)(H,18,21). The predicted molar refractivity (Wildman–Crippen MR) is 84.6 cm³/mol. The van der Waals surface area contributed by atoms with E-state index >= 15 is 0 Å². The summed E-state index contributed by atoms with van der Waals surface area (Å²) in [6, 6.07) is 11.3. The average molecular weight is 284 g/mol. The van der Waals surface area contributed by atoms with Gasteiger partial charge in [0.05, 0.1) is 5.69 Å². The molecule has 0 aliphatic carbocycles. The number of aromatic nitrogens is 2. The lowest BCUT2D eigenvalue weighted by Crippen LogP contribution is -2.27. The van der Waals surface area contributed by atoms with Gasteiger partial charge < -0.3 is 10.6 Å². The molecule has 0 fully saturated rings. The second-order valence-electron chi connectivity index (χ2n) is 5.97. The number of amides is 1. The average Bonchev–Trinajstić information content (AvgIpc) is 2.42. The first-order valence-corrected chi connectivity index (χ1v) is 6.83. The molecule has 0 atom stereocenters. The second kappa shape index (κ2) is 5.91. The molecule has 2 N–H and O–H groups in total. The topological polar surface area (TPSA) is 66.9 Å². The van der Waals surface area contributed by atoms with Crippen LogP contribution in [0.1, 0.15) is 26.5 Å². The molecule has 110 valence electrons. The van der Waals surface area contributed by atoms with E-state index < -0.39 is 5.41 Å². The SMILES string of the molecule is Cc1ccc(Nc2ccc(NC(=O)C(C)(C)C)cc2)nn1. The van der Waals surface area contributed by atoms with Crippen LogP contribution >= 0.6 is 0 Å². The molecule has 21 heavy (non-hydrogen) atoms. The molecule has 0 aliphatic heterocycles. The lowest BCUT2D eigenvalue weighted by atomic mass is 9.95. The summed E-state index contributed by atoms with van der Waals surface area (Å²) in [6.45, 7) is 7.54. The largest absolute Gasteiger partial charge is 0.339 e. The smallest absolute Gasteiger partial charge is 0.229 e. The molecule has 0 aliphatic rings. The summed E-state index contributed by atoms with van der Waals surface area (Å²) < 4.78 is 0. The summed E-state index contributed by atoms with van der Waals surface area (Å²) in [6.07, 6.45) is 0. The number of hydrogen-bond donors (Lipinski definition) is 2. The Morgan fingerprint density at radius 3 is 2.10 bits per heavy atom. The molecule has 5 nitrogen and oxygen atoms in total. The molecular formula is C16H20N4O. The molecule has 0 spiro atoms. The van der Waals surface area contributed by atoms with E-state index in [9.17, 15) is 4.79 Å². The van der Waals surface area contributed by atoms with Crippen molar-refractivity contribution in [2.24, 2.45) is 5.41 Å². The van der Waals surface area contributed by atoms with Crippen LogP contribution in [0.2, 0.25) is 0 Å². The number of hydrogen-bond acceptors (Lipinski definition) is 4. The molecule has 0 unspecified atom stereocenters. The third-order valence-electron chi connectivity index (χ3n) is 2.89. The van der Waals surface area contributed by atoms with Gasteiger partial charge in [-0.2, -0.15) is 5.10 Å². The van der Waals surface area contributed by atoms with Crippen LogP contribution in [0.15, 0.2) is 36.4 Å². The molecule has 2 aromatic rings. The second-order valence-corrected chi connectivity index (χ2v) is 5.97. The molecular weight excluding hydrogens is 264 g/mol. The minimum Gasteiger partial charge on any atom is -0.339 e. The Labute approximate surface area is 124 Å². The van der Waals surface area contributed by atoms with Crippen molar-refractivity contribution in [1.82, 2.24) is 10.2 Å². The highest BCUT2D eigenvalue weighted by Crippen LogP contribution is 2.20. The van der Waals surface area contributed by atoms with E-state index in [4.69, 9.17) is 0 Å². The van der Waals surface area contributed by atoms with Gasteiger partial charge in [0.15, 0.2) is 5.82 Å². The molecule has 0 saturated heterocycles. The highest BCUT2D eigenvalue weighted by molar-refractivity contribution is 5.94. The number of aryl methyl sites for hydroxylation is 1. The monoisotopic (exact) mass is 284 g/mol. The van der Waals surface area contributed by atoms with Crippen molar-refractivity contribution >= 4 is 23.1 Å². The van der Waals surface area contributed by atoms with Gasteiger partial charge in [0.2, 0.25) is 5.91 Å². The Morgan fingerprint density at radius 2 is 1.57 bits per heavy atom. The molecule has 1 aromatic carbocycles. The number of anilines is 3. The Bertz CT molecular complexity index is 612. The van der Waals surface area contributed by atoms with Crippen molar-refractivity contribution < 1.29 is 4.79 Å². The van der Waals surface area contributed by atoms with Crippen molar-refractivity contribution in [3.63, 3.8) is 0 Å². The summed E-state index contributed by atoms with van der Waals surface area (Å²) >= 11 is 0. The minimum atomic E-state index is -0.408. The number of nitrogens with zero attached hydrogens (tertiary/aromatic N) is 2. The van der Waals surface area contributed by atoms with E-state index in [1.165, 1.54) is 0 Å². The van der Waals surface area contributed by atoms with Crippen molar-refractivity contribution in [1.29, 1.82) is 0 Å². The Morgan fingerprint density at radius 1 is 0.952 bits per heavy atom. The van der Waals surface area contributed by atoms with Gasteiger partial charge in [-0.1, -0.05) is 20.8 Å². The van der Waals surface area contributed by atoms with Crippen LogP contribution in [-0.2, 0) is 4.79 Å². The first-order chi connectivity index (χ1) is 9.84. The molecule has 5 heteroatoms. The Hall–Kier alpha value is -2.43. The molecule has 0 radical (unpaired) electrons. The van der Waals surface area contributed by atoms with Crippen LogP contribution in [-0.4, -0.2) is 16.1 Å². The van der Waals surface area contributed by atoms with Crippen LogP contribution in [0.25, 0.3) is 0 Å². The van der Waals surface area contributed by atoms with E-state index in [1.807, 2.05) is 64.1 Å². The van der Waals surface area contributed by atoms with Crippen LogP contribution in [0.5, 0.6) is 0 Å². The van der Waals surface area contributed by atoms with Crippen molar-refractivity contribution in [3.8, 4) is 0 Å². The summed E-state index contributed by atoms with van der Waals surface area (Å²) in [5.41, 5.74) is 2.13. The van der Waals surface area contributed by atoms with Gasteiger partial charge >= 0.3 is 0 Å². The Kier molecular flexibility index (Phi) is 4.21. The highest BCUT2D eigenvalue weighted by atomic mass is 16.2. The number of rotatable bonds is 3. The fraction of sp³-hybridized carbons (Fsp3) is 0.312. The Balaban J connectivity index is 2.02. The van der Waals surface area contributed by atoms with Crippen LogP contribution in [0, 0.1) is 12.3 Å². The molecule has 2 rings (SSSR count). The molecule has 1 aromatic heterocycles. The maximum absolute atomic E-state index is 11.9. The quantitative estimate of drug-likeness (QED) is 0.905. The summed E-state index contributed by atoms with van der Waals surface area (Å²) in [4.78, 5) is 11.9. The van der Waals surface area contributed by atoms with Gasteiger partial charge in [-0.25, -0.2) is 0 Å². The van der Waals surface area contributed by atoms with Crippen LogP contribution in [0.4, 0.5) is 17.2 Å². The summed E-state index contributed by atoms with van der Waals surface area (Å²) in [7, 11) is 0. The minimum absolute atomic E-state index is 0.00684. The molecule has 0 saturated carbocycles. The van der Waals surface area contributed by atoms with E-state index in [0.29, 0.717) is 5.82 Å². The fourth-order valence-corrected chi connectivity index (χ4v) is 1.57. The third kappa shape index (κ3) is 4.27. The van der Waals surface area contributed by atoms with Gasteiger partial charge in [0.25, 0.3) is 0 Å². The van der Waals surface area contributed by atoms with Crippen molar-refractivity contribution in [2.45, 2.75) is 27.7 Å².